The van der Waals surface area contributed by atoms with Crippen molar-refractivity contribution in [2.75, 3.05) is 27.3 Å². The Balaban J connectivity index is 1.54. The highest BCUT2D eigenvalue weighted by Gasteiger charge is 2.53. The van der Waals surface area contributed by atoms with E-state index < -0.39 is 72.2 Å². The molecule has 39 heavy (non-hydrogen) atoms. The standard InChI is InChI=1S/C23H33N5O11/c1-35-15-16(38-21(18(15)36-2)28-9-6-13(30)25-23(28)34)17(19(24)32)39-22-14(31)11(29)10-12(37-22)20(33)26-27-7-4-3-5-8-27/h6,9-11,14-18,21-22,29,31H,3-5,7-8H2,1-2H3,(H2,24,32)(H,26,33)(H,25,30,34). The lowest BCUT2D eigenvalue weighted by Crippen LogP contribution is -2.54. The summed E-state index contributed by atoms with van der Waals surface area (Å²) < 4.78 is 29.2. The second-order valence-electron chi connectivity index (χ2n) is 9.36. The van der Waals surface area contributed by atoms with Crippen LogP contribution < -0.4 is 22.4 Å². The van der Waals surface area contributed by atoms with Crippen LogP contribution in [0.25, 0.3) is 0 Å². The van der Waals surface area contributed by atoms with Crippen molar-refractivity contribution in [3.05, 3.63) is 44.9 Å². The molecule has 8 atom stereocenters. The maximum atomic E-state index is 12.8. The Kier molecular flexibility index (Phi) is 9.16. The summed E-state index contributed by atoms with van der Waals surface area (Å²) in [6.45, 7) is 1.29. The van der Waals surface area contributed by atoms with Gasteiger partial charge in [0, 0.05) is 39.6 Å². The third-order valence-electron chi connectivity index (χ3n) is 6.79. The number of methoxy groups -OCH3 is 2. The lowest BCUT2D eigenvalue weighted by molar-refractivity contribution is -0.241. The number of hydrogen-bond donors (Lipinski definition) is 5. The molecule has 0 spiro atoms. The molecule has 2 fully saturated rings. The first-order valence-electron chi connectivity index (χ1n) is 12.4. The van der Waals surface area contributed by atoms with Crippen LogP contribution in [0.4, 0.5) is 0 Å². The second-order valence-corrected chi connectivity index (χ2v) is 9.36. The second kappa shape index (κ2) is 12.4. The Hall–Kier alpha value is -3.12. The first-order chi connectivity index (χ1) is 18.6. The van der Waals surface area contributed by atoms with E-state index in [-0.39, 0.29) is 5.76 Å². The summed E-state index contributed by atoms with van der Waals surface area (Å²) >= 11 is 0. The van der Waals surface area contributed by atoms with Crippen LogP contribution in [-0.2, 0) is 33.3 Å². The topological polar surface area (TPSA) is 217 Å². The third-order valence-corrected chi connectivity index (χ3v) is 6.79. The van der Waals surface area contributed by atoms with Crippen molar-refractivity contribution in [1.29, 1.82) is 0 Å². The molecule has 3 aliphatic heterocycles. The number of piperidine rings is 1. The number of nitrogens with two attached hydrogens (primary N) is 1. The van der Waals surface area contributed by atoms with Crippen LogP contribution in [0.5, 0.6) is 0 Å². The van der Waals surface area contributed by atoms with Gasteiger partial charge in [-0.15, -0.1) is 0 Å². The van der Waals surface area contributed by atoms with Crippen LogP contribution in [0.2, 0.25) is 0 Å². The van der Waals surface area contributed by atoms with Crippen molar-refractivity contribution in [1.82, 2.24) is 20.0 Å². The number of hydrazine groups is 1. The summed E-state index contributed by atoms with van der Waals surface area (Å²) in [4.78, 5) is 51.3. The van der Waals surface area contributed by atoms with Crippen molar-refractivity contribution in [3.63, 3.8) is 0 Å². The molecular weight excluding hydrogens is 522 g/mol. The van der Waals surface area contributed by atoms with Crippen LogP contribution in [0.3, 0.4) is 0 Å². The number of nitrogens with one attached hydrogen (secondary N) is 2. The van der Waals surface area contributed by atoms with Gasteiger partial charge in [0.1, 0.15) is 30.5 Å². The Morgan fingerprint density at radius 2 is 1.85 bits per heavy atom. The monoisotopic (exact) mass is 555 g/mol. The summed E-state index contributed by atoms with van der Waals surface area (Å²) in [5.41, 5.74) is 6.87. The summed E-state index contributed by atoms with van der Waals surface area (Å²) in [6.07, 6.45) is -6.02. The molecule has 2 saturated heterocycles. The van der Waals surface area contributed by atoms with Gasteiger partial charge in [0.15, 0.2) is 18.1 Å². The number of amides is 2. The quantitative estimate of drug-likeness (QED) is 0.204. The lowest BCUT2D eigenvalue weighted by Gasteiger charge is -2.35. The van der Waals surface area contributed by atoms with Gasteiger partial charge < -0.3 is 39.6 Å². The van der Waals surface area contributed by atoms with Crippen molar-refractivity contribution in [2.45, 2.75) is 68.4 Å². The first-order valence-corrected chi connectivity index (χ1v) is 12.4. The Bertz CT molecular complexity index is 1180. The minimum absolute atomic E-state index is 0.324. The normalized spacial score (nSPS) is 32.2. The molecule has 16 heteroatoms. The third kappa shape index (κ3) is 6.22. The van der Waals surface area contributed by atoms with E-state index in [4.69, 9.17) is 29.4 Å². The van der Waals surface area contributed by atoms with Gasteiger partial charge in [-0.05, 0) is 18.9 Å². The highest BCUT2D eigenvalue weighted by Crippen LogP contribution is 2.35. The lowest BCUT2D eigenvalue weighted by atomic mass is 10.0. The van der Waals surface area contributed by atoms with E-state index in [1.165, 1.54) is 20.4 Å². The smallest absolute Gasteiger partial charge is 0.330 e. The molecule has 0 saturated carbocycles. The Labute approximate surface area is 222 Å². The zero-order valence-electron chi connectivity index (χ0n) is 21.4. The van der Waals surface area contributed by atoms with Crippen molar-refractivity contribution < 1.29 is 43.5 Å². The number of H-pyrrole nitrogens is 1. The van der Waals surface area contributed by atoms with E-state index in [0.29, 0.717) is 13.1 Å². The van der Waals surface area contributed by atoms with Gasteiger partial charge in [-0.3, -0.25) is 29.4 Å². The number of carbonyl (C=O) groups excluding carboxylic acids is 2. The summed E-state index contributed by atoms with van der Waals surface area (Å²) in [5.74, 6) is -2.05. The molecule has 216 valence electrons. The molecule has 4 heterocycles. The number of primary amides is 1. The zero-order valence-corrected chi connectivity index (χ0v) is 21.4. The predicted octanol–water partition coefficient (Wildman–Crippen LogP) is -3.19. The van der Waals surface area contributed by atoms with Gasteiger partial charge >= 0.3 is 11.6 Å². The van der Waals surface area contributed by atoms with Gasteiger partial charge in [0.25, 0.3) is 5.56 Å². The molecule has 0 aromatic carbocycles. The van der Waals surface area contributed by atoms with Crippen LogP contribution in [0.1, 0.15) is 25.5 Å². The predicted molar refractivity (Wildman–Crippen MR) is 129 cm³/mol. The largest absolute Gasteiger partial charge is 0.456 e. The van der Waals surface area contributed by atoms with Crippen LogP contribution >= 0.6 is 0 Å². The van der Waals surface area contributed by atoms with Crippen molar-refractivity contribution in [2.24, 2.45) is 5.73 Å². The fourth-order valence-electron chi connectivity index (χ4n) is 4.82. The van der Waals surface area contributed by atoms with Gasteiger partial charge in [0.2, 0.25) is 12.2 Å². The fourth-order valence-corrected chi connectivity index (χ4v) is 4.82. The molecule has 0 aliphatic carbocycles. The van der Waals surface area contributed by atoms with Crippen LogP contribution in [0, 0.1) is 0 Å². The number of aromatic amines is 1. The number of aliphatic hydroxyl groups is 2. The van der Waals surface area contributed by atoms with E-state index in [0.717, 1.165) is 36.0 Å². The van der Waals surface area contributed by atoms with E-state index in [1.54, 1.807) is 5.01 Å². The molecule has 4 rings (SSSR count). The number of aromatic nitrogens is 2. The van der Waals surface area contributed by atoms with Crippen LogP contribution in [0.15, 0.2) is 33.7 Å². The highest BCUT2D eigenvalue weighted by atomic mass is 16.7. The van der Waals surface area contributed by atoms with Gasteiger partial charge in [-0.2, -0.15) is 0 Å². The van der Waals surface area contributed by atoms with Crippen molar-refractivity contribution in [3.8, 4) is 0 Å². The number of rotatable bonds is 9. The molecule has 0 bridgehead atoms. The molecule has 1 aromatic heterocycles. The molecule has 16 nitrogen and oxygen atoms in total. The number of nitrogens with zero attached hydrogens (tertiary/aromatic N) is 2. The van der Waals surface area contributed by atoms with E-state index >= 15 is 0 Å². The van der Waals surface area contributed by atoms with Crippen molar-refractivity contribution >= 4 is 11.8 Å². The van der Waals surface area contributed by atoms with E-state index in [2.05, 4.69) is 10.4 Å². The summed E-state index contributed by atoms with van der Waals surface area (Å²) in [6, 6.07) is 1.10. The van der Waals surface area contributed by atoms with Gasteiger partial charge in [0.05, 0.1) is 0 Å². The fraction of sp³-hybridized carbons (Fsp3) is 0.652. The minimum atomic E-state index is -1.71. The summed E-state index contributed by atoms with van der Waals surface area (Å²) in [5, 5.41) is 22.6. The maximum Gasteiger partial charge on any atom is 0.330 e. The molecule has 0 radical (unpaired) electrons. The Morgan fingerprint density at radius 3 is 2.46 bits per heavy atom. The average Bonchev–Trinajstić information content (AvgIpc) is 3.27. The van der Waals surface area contributed by atoms with Crippen LogP contribution in [-0.4, -0.2) is 107 Å². The number of hydrogen-bond acceptors (Lipinski definition) is 12. The molecular formula is C23H33N5O11. The molecule has 8 unspecified atom stereocenters. The van der Waals surface area contributed by atoms with Gasteiger partial charge in [-0.1, -0.05) is 6.42 Å². The Morgan fingerprint density at radius 1 is 1.15 bits per heavy atom. The zero-order chi connectivity index (χ0) is 28.3. The number of aliphatic hydroxyl groups excluding tert-OH is 2. The molecule has 1 aromatic rings. The minimum Gasteiger partial charge on any atom is -0.456 e. The molecule has 3 aliphatic rings. The molecule has 6 N–H and O–H groups in total. The highest BCUT2D eigenvalue weighted by molar-refractivity contribution is 5.91. The number of carbonyl (C=O) groups is 2. The molecule has 2 amide bonds. The first kappa shape index (κ1) is 28.9. The number of ether oxygens (including phenoxy) is 5. The average molecular weight is 556 g/mol. The van der Waals surface area contributed by atoms with Gasteiger partial charge in [-0.25, -0.2) is 9.80 Å². The van der Waals surface area contributed by atoms with E-state index in [9.17, 15) is 29.4 Å². The van der Waals surface area contributed by atoms with E-state index in [1.807, 2.05) is 0 Å². The summed E-state index contributed by atoms with van der Waals surface area (Å²) in [7, 11) is 2.64. The SMILES string of the molecule is COC1C(C(OC2OC(C(=O)NN3CCCCC3)=CC(O)C2O)C(N)=O)OC(n2ccc(=O)[nH]c2=O)C1OC. The maximum absolute atomic E-state index is 12.8.